The number of unbranched alkanes of at least 4 members (excludes halogenated alkanes) is 1. The van der Waals surface area contributed by atoms with Crippen LogP contribution in [-0.2, 0) is 11.2 Å². The van der Waals surface area contributed by atoms with Crippen LogP contribution in [0, 0.1) is 0 Å². The molecule has 110 valence electrons. The second-order valence-corrected chi connectivity index (χ2v) is 5.51. The predicted molar refractivity (Wildman–Crippen MR) is 79.7 cm³/mol. The molecule has 1 fully saturated rings. The molecule has 0 atom stereocenters. The smallest absolute Gasteiger partial charge is 0.240 e. The molecule has 0 heterocycles. The van der Waals surface area contributed by atoms with Gasteiger partial charge in [-0.05, 0) is 43.4 Å². The summed E-state index contributed by atoms with van der Waals surface area (Å²) in [6.45, 7) is 3.55. The molecule has 1 aliphatic rings. The van der Waals surface area contributed by atoms with Gasteiger partial charge in [-0.1, -0.05) is 25.5 Å². The van der Waals surface area contributed by atoms with Crippen LogP contribution in [0.15, 0.2) is 24.3 Å². The number of hydrogen-bond acceptors (Lipinski definition) is 3. The van der Waals surface area contributed by atoms with Crippen molar-refractivity contribution in [3.8, 4) is 5.75 Å². The summed E-state index contributed by atoms with van der Waals surface area (Å²) < 4.78 is 5.61. The van der Waals surface area contributed by atoms with Gasteiger partial charge in [0.05, 0.1) is 12.1 Å². The Balaban J connectivity index is 1.69. The normalized spacial score (nSPS) is 15.7. The monoisotopic (exact) mass is 276 g/mol. The van der Waals surface area contributed by atoms with Crippen molar-refractivity contribution in [1.82, 2.24) is 5.32 Å². The van der Waals surface area contributed by atoms with Crippen LogP contribution in [0.4, 0.5) is 0 Å². The second kappa shape index (κ2) is 6.75. The topological polar surface area (TPSA) is 64.3 Å². The molecule has 0 bridgehead atoms. The minimum Gasteiger partial charge on any atom is -0.494 e. The Kier molecular flexibility index (Phi) is 5.01. The highest BCUT2D eigenvalue weighted by atomic mass is 16.5. The Hall–Kier alpha value is -1.55. The van der Waals surface area contributed by atoms with E-state index in [4.69, 9.17) is 10.5 Å². The average Bonchev–Trinajstić information content (AvgIpc) is 3.20. The molecule has 2 rings (SSSR count). The molecule has 1 aromatic rings. The number of hydrogen-bond donors (Lipinski definition) is 2. The molecule has 1 saturated carbocycles. The summed E-state index contributed by atoms with van der Waals surface area (Å²) in [5.41, 5.74) is 6.44. The molecule has 0 unspecified atom stereocenters. The summed E-state index contributed by atoms with van der Waals surface area (Å²) in [6.07, 6.45) is 4.65. The van der Waals surface area contributed by atoms with Gasteiger partial charge in [-0.3, -0.25) is 4.79 Å². The molecule has 0 aromatic heterocycles. The van der Waals surface area contributed by atoms with E-state index in [0.717, 1.165) is 44.5 Å². The molecular formula is C16H24N2O2. The van der Waals surface area contributed by atoms with Crippen molar-refractivity contribution >= 4 is 5.91 Å². The highest BCUT2D eigenvalue weighted by molar-refractivity contribution is 5.88. The number of carbonyl (C=O) groups excluding carboxylic acids is 1. The lowest BCUT2D eigenvalue weighted by atomic mass is 10.1. The zero-order valence-electron chi connectivity index (χ0n) is 12.2. The SMILES string of the molecule is CCCCOc1ccc(CCNC(=O)C2(N)CC2)cc1. The predicted octanol–water partition coefficient (Wildman–Crippen LogP) is 2.02. The van der Waals surface area contributed by atoms with Gasteiger partial charge in [0.1, 0.15) is 5.75 Å². The summed E-state index contributed by atoms with van der Waals surface area (Å²) in [5.74, 6) is 0.891. The van der Waals surface area contributed by atoms with Gasteiger partial charge in [0.15, 0.2) is 0 Å². The number of nitrogens with one attached hydrogen (secondary N) is 1. The largest absolute Gasteiger partial charge is 0.494 e. The van der Waals surface area contributed by atoms with Crippen LogP contribution in [-0.4, -0.2) is 24.6 Å². The fraction of sp³-hybridized carbons (Fsp3) is 0.562. The van der Waals surface area contributed by atoms with Crippen LogP contribution in [0.25, 0.3) is 0 Å². The number of amides is 1. The van der Waals surface area contributed by atoms with E-state index in [9.17, 15) is 4.79 Å². The lowest BCUT2D eigenvalue weighted by Gasteiger charge is -2.10. The van der Waals surface area contributed by atoms with Crippen LogP contribution >= 0.6 is 0 Å². The standard InChI is InChI=1S/C16H24N2O2/c1-2-3-12-20-14-6-4-13(5-7-14)8-11-18-15(19)16(17)9-10-16/h4-7H,2-3,8-12,17H2,1H3,(H,18,19). The molecule has 0 aliphatic heterocycles. The van der Waals surface area contributed by atoms with Crippen LogP contribution in [0.2, 0.25) is 0 Å². The van der Waals surface area contributed by atoms with E-state index in [1.54, 1.807) is 0 Å². The molecule has 1 aromatic carbocycles. The highest BCUT2D eigenvalue weighted by Crippen LogP contribution is 2.31. The summed E-state index contributed by atoms with van der Waals surface area (Å²) >= 11 is 0. The van der Waals surface area contributed by atoms with Gasteiger partial charge in [0.2, 0.25) is 5.91 Å². The first-order valence-electron chi connectivity index (χ1n) is 7.43. The van der Waals surface area contributed by atoms with Crippen molar-refractivity contribution in [3.05, 3.63) is 29.8 Å². The molecule has 0 radical (unpaired) electrons. The van der Waals surface area contributed by atoms with E-state index in [1.165, 1.54) is 5.56 Å². The van der Waals surface area contributed by atoms with Gasteiger partial charge in [0, 0.05) is 6.54 Å². The van der Waals surface area contributed by atoms with Crippen LogP contribution < -0.4 is 15.8 Å². The Morgan fingerprint density at radius 2 is 2.05 bits per heavy atom. The number of ether oxygens (including phenoxy) is 1. The third-order valence-corrected chi connectivity index (χ3v) is 3.63. The summed E-state index contributed by atoms with van der Waals surface area (Å²) in [4.78, 5) is 11.7. The fourth-order valence-corrected chi connectivity index (χ4v) is 1.94. The molecule has 3 N–H and O–H groups in total. The van der Waals surface area contributed by atoms with Crippen molar-refractivity contribution in [2.24, 2.45) is 5.73 Å². The fourth-order valence-electron chi connectivity index (χ4n) is 1.94. The van der Waals surface area contributed by atoms with E-state index in [0.29, 0.717) is 6.54 Å². The molecule has 0 spiro atoms. The molecule has 4 heteroatoms. The van der Waals surface area contributed by atoms with E-state index in [2.05, 4.69) is 12.2 Å². The molecular weight excluding hydrogens is 252 g/mol. The first-order chi connectivity index (χ1) is 9.64. The van der Waals surface area contributed by atoms with E-state index < -0.39 is 5.54 Å². The summed E-state index contributed by atoms with van der Waals surface area (Å²) in [7, 11) is 0. The van der Waals surface area contributed by atoms with Crippen LogP contribution in [0.3, 0.4) is 0 Å². The molecule has 20 heavy (non-hydrogen) atoms. The quantitative estimate of drug-likeness (QED) is 0.714. The number of nitrogens with two attached hydrogens (primary N) is 1. The van der Waals surface area contributed by atoms with Gasteiger partial charge in [0.25, 0.3) is 0 Å². The van der Waals surface area contributed by atoms with Gasteiger partial charge >= 0.3 is 0 Å². The molecule has 4 nitrogen and oxygen atoms in total. The van der Waals surface area contributed by atoms with Crippen molar-refractivity contribution in [2.45, 2.75) is 44.6 Å². The van der Waals surface area contributed by atoms with Crippen molar-refractivity contribution in [1.29, 1.82) is 0 Å². The third-order valence-electron chi connectivity index (χ3n) is 3.63. The van der Waals surface area contributed by atoms with Crippen molar-refractivity contribution in [3.63, 3.8) is 0 Å². The summed E-state index contributed by atoms with van der Waals surface area (Å²) in [6, 6.07) is 8.06. The maximum Gasteiger partial charge on any atom is 0.240 e. The Morgan fingerprint density at radius 1 is 1.35 bits per heavy atom. The van der Waals surface area contributed by atoms with Crippen LogP contribution in [0.1, 0.15) is 38.2 Å². The van der Waals surface area contributed by atoms with Crippen LogP contribution in [0.5, 0.6) is 5.75 Å². The Bertz CT molecular complexity index is 438. The first-order valence-corrected chi connectivity index (χ1v) is 7.43. The zero-order valence-corrected chi connectivity index (χ0v) is 12.2. The Morgan fingerprint density at radius 3 is 2.65 bits per heavy atom. The molecule has 0 saturated heterocycles. The molecule has 1 amide bonds. The lowest BCUT2D eigenvalue weighted by molar-refractivity contribution is -0.123. The van der Waals surface area contributed by atoms with Gasteiger partial charge in [-0.25, -0.2) is 0 Å². The maximum absolute atomic E-state index is 11.7. The van der Waals surface area contributed by atoms with E-state index >= 15 is 0 Å². The highest BCUT2D eigenvalue weighted by Gasteiger charge is 2.45. The number of carbonyl (C=O) groups is 1. The minimum atomic E-state index is -0.572. The first kappa shape index (κ1) is 14.9. The lowest BCUT2D eigenvalue weighted by Crippen LogP contribution is -2.43. The average molecular weight is 276 g/mol. The van der Waals surface area contributed by atoms with Crippen molar-refractivity contribution in [2.75, 3.05) is 13.2 Å². The molecule has 1 aliphatic carbocycles. The van der Waals surface area contributed by atoms with E-state index in [-0.39, 0.29) is 5.91 Å². The summed E-state index contributed by atoms with van der Waals surface area (Å²) in [5, 5.41) is 2.89. The zero-order chi connectivity index (χ0) is 14.4. The van der Waals surface area contributed by atoms with E-state index in [1.807, 2.05) is 24.3 Å². The van der Waals surface area contributed by atoms with Crippen molar-refractivity contribution < 1.29 is 9.53 Å². The van der Waals surface area contributed by atoms with Gasteiger partial charge in [-0.2, -0.15) is 0 Å². The third kappa shape index (κ3) is 4.23. The Labute approximate surface area is 120 Å². The second-order valence-electron chi connectivity index (χ2n) is 5.51. The number of rotatable bonds is 8. The van der Waals surface area contributed by atoms with Gasteiger partial charge < -0.3 is 15.8 Å². The number of benzene rings is 1. The maximum atomic E-state index is 11.7. The van der Waals surface area contributed by atoms with Gasteiger partial charge in [-0.15, -0.1) is 0 Å². The minimum absolute atomic E-state index is 0.0166.